The Morgan fingerprint density at radius 3 is 2.68 bits per heavy atom. The van der Waals surface area contributed by atoms with Crippen LogP contribution in [0.1, 0.15) is 42.5 Å². The molecule has 1 fully saturated rings. The Morgan fingerprint density at radius 1 is 1.37 bits per heavy atom. The van der Waals surface area contributed by atoms with E-state index in [1.165, 1.54) is 12.3 Å². The van der Waals surface area contributed by atoms with E-state index < -0.39 is 5.60 Å². The molecule has 0 spiro atoms. The fourth-order valence-corrected chi connectivity index (χ4v) is 2.55. The highest BCUT2D eigenvalue weighted by atomic mass is 35.5. The molecule has 1 saturated carbocycles. The van der Waals surface area contributed by atoms with Gasteiger partial charge in [-0.3, -0.25) is 4.79 Å². The summed E-state index contributed by atoms with van der Waals surface area (Å²) < 4.78 is 0. The molecule has 1 aromatic heterocycles. The number of hydrogen-bond acceptors (Lipinski definition) is 3. The van der Waals surface area contributed by atoms with Gasteiger partial charge in [0.25, 0.3) is 5.91 Å². The van der Waals surface area contributed by atoms with Crippen molar-refractivity contribution in [1.82, 2.24) is 10.3 Å². The number of carbonyl (C=O) groups is 1. The molecule has 1 aromatic rings. The zero-order valence-electron chi connectivity index (χ0n) is 10.5. The summed E-state index contributed by atoms with van der Waals surface area (Å²) in [5, 5.41) is 13.4. The smallest absolute Gasteiger partial charge is 0.253 e. The number of rotatable bonds is 3. The first-order valence-electron chi connectivity index (χ1n) is 6.32. The van der Waals surface area contributed by atoms with Crippen molar-refractivity contribution in [2.24, 2.45) is 0 Å². The summed E-state index contributed by atoms with van der Waals surface area (Å²) in [6.07, 6.45) is 5.97. The maximum absolute atomic E-state index is 11.9. The van der Waals surface area contributed by atoms with Crippen molar-refractivity contribution in [2.45, 2.75) is 37.7 Å². The van der Waals surface area contributed by atoms with Crippen molar-refractivity contribution in [3.05, 3.63) is 28.0 Å². The molecule has 0 aliphatic heterocycles. The van der Waals surface area contributed by atoms with Crippen LogP contribution in [0.15, 0.2) is 12.3 Å². The third-order valence-corrected chi connectivity index (χ3v) is 4.11. The minimum absolute atomic E-state index is 0.170. The number of amides is 1. The zero-order chi connectivity index (χ0) is 13.9. The van der Waals surface area contributed by atoms with Gasteiger partial charge in [-0.2, -0.15) is 0 Å². The van der Waals surface area contributed by atoms with Crippen molar-refractivity contribution < 1.29 is 9.90 Å². The van der Waals surface area contributed by atoms with Crippen LogP contribution in [-0.4, -0.2) is 28.1 Å². The van der Waals surface area contributed by atoms with Crippen LogP contribution in [0.5, 0.6) is 0 Å². The van der Waals surface area contributed by atoms with E-state index in [0.717, 1.165) is 32.1 Å². The van der Waals surface area contributed by atoms with E-state index in [1.54, 1.807) is 0 Å². The number of aromatic nitrogens is 1. The van der Waals surface area contributed by atoms with Gasteiger partial charge in [0.1, 0.15) is 5.15 Å². The summed E-state index contributed by atoms with van der Waals surface area (Å²) in [5.41, 5.74) is -0.439. The lowest BCUT2D eigenvalue weighted by molar-refractivity contribution is 0.00525. The summed E-state index contributed by atoms with van der Waals surface area (Å²) >= 11 is 11.5. The highest BCUT2D eigenvalue weighted by Crippen LogP contribution is 2.27. The second kappa shape index (κ2) is 6.07. The number of hydrogen-bond donors (Lipinski definition) is 2. The summed E-state index contributed by atoms with van der Waals surface area (Å²) in [6, 6.07) is 1.47. The minimum atomic E-state index is -0.780. The third-order valence-electron chi connectivity index (χ3n) is 3.42. The van der Waals surface area contributed by atoms with E-state index in [-0.39, 0.29) is 22.6 Å². The predicted octanol–water partition coefficient (Wildman–Crippen LogP) is 2.81. The van der Waals surface area contributed by atoms with E-state index in [9.17, 15) is 9.90 Å². The van der Waals surface area contributed by atoms with Crippen LogP contribution in [0.3, 0.4) is 0 Å². The average molecular weight is 303 g/mol. The van der Waals surface area contributed by atoms with Crippen molar-refractivity contribution in [3.8, 4) is 0 Å². The van der Waals surface area contributed by atoms with E-state index in [1.807, 2.05) is 0 Å². The zero-order valence-corrected chi connectivity index (χ0v) is 12.0. The average Bonchev–Trinajstić information content (AvgIpc) is 2.40. The molecule has 1 amide bonds. The molecule has 19 heavy (non-hydrogen) atoms. The molecule has 1 aliphatic rings. The summed E-state index contributed by atoms with van der Waals surface area (Å²) in [6.45, 7) is 0.256. The number of nitrogens with one attached hydrogen (secondary N) is 1. The van der Waals surface area contributed by atoms with Gasteiger partial charge < -0.3 is 10.4 Å². The number of aliphatic hydroxyl groups is 1. The maximum Gasteiger partial charge on any atom is 0.253 e. The predicted molar refractivity (Wildman–Crippen MR) is 74.6 cm³/mol. The first kappa shape index (κ1) is 14.6. The van der Waals surface area contributed by atoms with Gasteiger partial charge in [0.15, 0.2) is 0 Å². The molecule has 2 N–H and O–H groups in total. The Kier molecular flexibility index (Phi) is 4.66. The van der Waals surface area contributed by atoms with Gasteiger partial charge in [0.2, 0.25) is 0 Å². The molecule has 2 rings (SSSR count). The van der Waals surface area contributed by atoms with Crippen LogP contribution in [0.4, 0.5) is 0 Å². The Balaban J connectivity index is 1.95. The Hall–Kier alpha value is -0.840. The summed E-state index contributed by atoms with van der Waals surface area (Å²) in [7, 11) is 0. The van der Waals surface area contributed by atoms with Crippen molar-refractivity contribution in [3.63, 3.8) is 0 Å². The van der Waals surface area contributed by atoms with Crippen LogP contribution in [0.2, 0.25) is 10.2 Å². The fraction of sp³-hybridized carbons (Fsp3) is 0.538. The molecule has 6 heteroatoms. The lowest BCUT2D eigenvalue weighted by Crippen LogP contribution is -2.44. The van der Waals surface area contributed by atoms with Gasteiger partial charge >= 0.3 is 0 Å². The molecule has 0 saturated heterocycles. The Labute approximate surface area is 122 Å². The lowest BCUT2D eigenvalue weighted by atomic mass is 9.85. The van der Waals surface area contributed by atoms with E-state index in [0.29, 0.717) is 5.56 Å². The molecule has 104 valence electrons. The van der Waals surface area contributed by atoms with E-state index in [4.69, 9.17) is 23.2 Å². The quantitative estimate of drug-likeness (QED) is 0.844. The molecule has 4 nitrogen and oxygen atoms in total. The molecular formula is C13H16Cl2N2O2. The Bertz CT molecular complexity index is 474. The SMILES string of the molecule is O=C(NCC1(O)CCCCC1)c1cnc(Cl)c(Cl)c1. The van der Waals surface area contributed by atoms with Crippen LogP contribution < -0.4 is 5.32 Å². The number of halogens is 2. The van der Waals surface area contributed by atoms with Crippen molar-refractivity contribution >= 4 is 29.1 Å². The maximum atomic E-state index is 11.9. The molecule has 0 radical (unpaired) electrons. The molecule has 0 unspecified atom stereocenters. The second-order valence-corrected chi connectivity index (χ2v) is 5.73. The summed E-state index contributed by atoms with van der Waals surface area (Å²) in [4.78, 5) is 15.8. The summed E-state index contributed by atoms with van der Waals surface area (Å²) in [5.74, 6) is -0.301. The first-order chi connectivity index (χ1) is 9.00. The number of nitrogens with zero attached hydrogens (tertiary/aromatic N) is 1. The van der Waals surface area contributed by atoms with Crippen LogP contribution >= 0.6 is 23.2 Å². The standard InChI is InChI=1S/C13H16Cl2N2O2/c14-10-6-9(7-16-11(10)15)12(18)17-8-13(19)4-2-1-3-5-13/h6-7,19H,1-5,8H2,(H,17,18). The molecule has 1 aliphatic carbocycles. The highest BCUT2D eigenvalue weighted by molar-refractivity contribution is 6.41. The van der Waals surface area contributed by atoms with Crippen molar-refractivity contribution in [1.29, 1.82) is 0 Å². The first-order valence-corrected chi connectivity index (χ1v) is 7.07. The number of pyridine rings is 1. The Morgan fingerprint density at radius 2 is 2.05 bits per heavy atom. The van der Waals surface area contributed by atoms with Gasteiger partial charge in [0.05, 0.1) is 16.2 Å². The topological polar surface area (TPSA) is 62.2 Å². The van der Waals surface area contributed by atoms with Gasteiger partial charge in [-0.05, 0) is 18.9 Å². The van der Waals surface area contributed by atoms with E-state index in [2.05, 4.69) is 10.3 Å². The van der Waals surface area contributed by atoms with Crippen LogP contribution in [0.25, 0.3) is 0 Å². The van der Waals surface area contributed by atoms with Crippen molar-refractivity contribution in [2.75, 3.05) is 6.54 Å². The van der Waals surface area contributed by atoms with Gasteiger partial charge in [-0.15, -0.1) is 0 Å². The minimum Gasteiger partial charge on any atom is -0.388 e. The van der Waals surface area contributed by atoms with Crippen LogP contribution in [-0.2, 0) is 0 Å². The lowest BCUT2D eigenvalue weighted by Gasteiger charge is -2.32. The highest BCUT2D eigenvalue weighted by Gasteiger charge is 2.29. The molecule has 1 heterocycles. The van der Waals surface area contributed by atoms with Gasteiger partial charge in [-0.25, -0.2) is 4.98 Å². The monoisotopic (exact) mass is 302 g/mol. The van der Waals surface area contributed by atoms with Gasteiger partial charge in [-0.1, -0.05) is 42.5 Å². The van der Waals surface area contributed by atoms with E-state index >= 15 is 0 Å². The third kappa shape index (κ3) is 3.81. The largest absolute Gasteiger partial charge is 0.388 e. The number of carbonyl (C=O) groups excluding carboxylic acids is 1. The molecule has 0 aromatic carbocycles. The second-order valence-electron chi connectivity index (χ2n) is 4.96. The molecular weight excluding hydrogens is 287 g/mol. The van der Waals surface area contributed by atoms with Crippen LogP contribution in [0, 0.1) is 0 Å². The molecule has 0 atom stereocenters. The van der Waals surface area contributed by atoms with Gasteiger partial charge in [0, 0.05) is 12.7 Å². The fourth-order valence-electron chi connectivity index (χ4n) is 2.28. The normalized spacial score (nSPS) is 18.1. The molecule has 0 bridgehead atoms.